The summed E-state index contributed by atoms with van der Waals surface area (Å²) in [5, 5.41) is 0. The topological polar surface area (TPSA) is 12.5 Å². The molecule has 1 aliphatic rings. The summed E-state index contributed by atoms with van der Waals surface area (Å²) in [7, 11) is 0. The molecule has 0 unspecified atom stereocenters. The first-order valence-corrected chi connectivity index (χ1v) is 4.99. The van der Waals surface area contributed by atoms with Gasteiger partial charge in [-0.05, 0) is 34.1 Å². The Morgan fingerprint density at radius 2 is 1.92 bits per heavy atom. The highest BCUT2D eigenvalue weighted by Gasteiger charge is 2.20. The molecule has 1 rings (SSSR count). The molecule has 0 aromatic rings. The van der Waals surface area contributed by atoms with E-state index in [-0.39, 0.29) is 0 Å². The van der Waals surface area contributed by atoms with Gasteiger partial charge >= 0.3 is 0 Å². The Hall–Kier alpha value is -0.0800. The maximum absolute atomic E-state index is 5.75. The van der Waals surface area contributed by atoms with E-state index in [0.29, 0.717) is 18.2 Å². The SMILES string of the molecule is CC(C)N1CC[C@@H](C)O[C@@H](C)C1. The minimum Gasteiger partial charge on any atom is -0.374 e. The van der Waals surface area contributed by atoms with Crippen molar-refractivity contribution in [2.24, 2.45) is 0 Å². The van der Waals surface area contributed by atoms with Crippen LogP contribution >= 0.6 is 0 Å². The van der Waals surface area contributed by atoms with Gasteiger partial charge in [0.1, 0.15) is 0 Å². The predicted molar refractivity (Wildman–Crippen MR) is 51.3 cm³/mol. The van der Waals surface area contributed by atoms with Gasteiger partial charge < -0.3 is 4.74 Å². The van der Waals surface area contributed by atoms with E-state index in [0.717, 1.165) is 6.54 Å². The van der Waals surface area contributed by atoms with E-state index in [1.165, 1.54) is 13.0 Å². The van der Waals surface area contributed by atoms with E-state index < -0.39 is 0 Å². The number of hydrogen-bond acceptors (Lipinski definition) is 2. The number of ether oxygens (including phenoxy) is 1. The monoisotopic (exact) mass is 171 g/mol. The van der Waals surface area contributed by atoms with Crippen LogP contribution in [0.1, 0.15) is 34.1 Å². The van der Waals surface area contributed by atoms with Crippen LogP contribution in [0.5, 0.6) is 0 Å². The zero-order chi connectivity index (χ0) is 9.14. The lowest BCUT2D eigenvalue weighted by Crippen LogP contribution is -2.35. The summed E-state index contributed by atoms with van der Waals surface area (Å²) in [4.78, 5) is 2.49. The first kappa shape index (κ1) is 10.0. The Morgan fingerprint density at radius 3 is 2.50 bits per heavy atom. The summed E-state index contributed by atoms with van der Waals surface area (Å²) in [5.74, 6) is 0. The summed E-state index contributed by atoms with van der Waals surface area (Å²) in [5.41, 5.74) is 0. The van der Waals surface area contributed by atoms with E-state index in [1.54, 1.807) is 0 Å². The van der Waals surface area contributed by atoms with Crippen molar-refractivity contribution in [1.29, 1.82) is 0 Å². The van der Waals surface area contributed by atoms with Crippen LogP contribution in [0.4, 0.5) is 0 Å². The van der Waals surface area contributed by atoms with Gasteiger partial charge in [0.15, 0.2) is 0 Å². The number of nitrogens with zero attached hydrogens (tertiary/aromatic N) is 1. The molecule has 0 bridgehead atoms. The summed E-state index contributed by atoms with van der Waals surface area (Å²) in [6.45, 7) is 11.1. The van der Waals surface area contributed by atoms with E-state index in [2.05, 4.69) is 32.6 Å². The van der Waals surface area contributed by atoms with Gasteiger partial charge in [-0.2, -0.15) is 0 Å². The minimum atomic E-state index is 0.393. The van der Waals surface area contributed by atoms with E-state index in [4.69, 9.17) is 4.74 Å². The van der Waals surface area contributed by atoms with Gasteiger partial charge in [0.2, 0.25) is 0 Å². The molecule has 1 heterocycles. The molecule has 72 valence electrons. The van der Waals surface area contributed by atoms with E-state index in [9.17, 15) is 0 Å². The Morgan fingerprint density at radius 1 is 1.25 bits per heavy atom. The molecule has 0 radical (unpaired) electrons. The number of hydrogen-bond donors (Lipinski definition) is 0. The molecular formula is C10H21NO. The minimum absolute atomic E-state index is 0.393. The fourth-order valence-electron chi connectivity index (χ4n) is 1.75. The van der Waals surface area contributed by atoms with Crippen LogP contribution in [-0.2, 0) is 4.74 Å². The quantitative estimate of drug-likeness (QED) is 0.597. The normalized spacial score (nSPS) is 33.8. The fraction of sp³-hybridized carbons (Fsp3) is 1.00. The van der Waals surface area contributed by atoms with Gasteiger partial charge in [0.25, 0.3) is 0 Å². The number of rotatable bonds is 1. The highest BCUT2D eigenvalue weighted by atomic mass is 16.5. The molecule has 2 heteroatoms. The van der Waals surface area contributed by atoms with Crippen LogP contribution in [0, 0.1) is 0 Å². The molecule has 0 saturated carbocycles. The molecular weight excluding hydrogens is 150 g/mol. The smallest absolute Gasteiger partial charge is 0.0677 e. The maximum Gasteiger partial charge on any atom is 0.0677 e. The third-order valence-corrected chi connectivity index (χ3v) is 2.51. The predicted octanol–water partition coefficient (Wildman–Crippen LogP) is 1.89. The van der Waals surface area contributed by atoms with Crippen molar-refractivity contribution in [1.82, 2.24) is 4.90 Å². The second-order valence-electron chi connectivity index (χ2n) is 4.13. The fourth-order valence-corrected chi connectivity index (χ4v) is 1.75. The zero-order valence-corrected chi connectivity index (χ0v) is 8.71. The molecule has 0 amide bonds. The van der Waals surface area contributed by atoms with E-state index >= 15 is 0 Å². The summed E-state index contributed by atoms with van der Waals surface area (Å²) >= 11 is 0. The second kappa shape index (κ2) is 4.24. The van der Waals surface area contributed by atoms with Crippen molar-refractivity contribution >= 4 is 0 Å². The Balaban J connectivity index is 2.46. The maximum atomic E-state index is 5.75. The van der Waals surface area contributed by atoms with Crippen molar-refractivity contribution in [3.63, 3.8) is 0 Å². The lowest BCUT2D eigenvalue weighted by molar-refractivity contribution is 0.0125. The van der Waals surface area contributed by atoms with Gasteiger partial charge in [-0.15, -0.1) is 0 Å². The third-order valence-electron chi connectivity index (χ3n) is 2.51. The lowest BCUT2D eigenvalue weighted by atomic mass is 10.2. The van der Waals surface area contributed by atoms with Crippen molar-refractivity contribution in [2.75, 3.05) is 13.1 Å². The first-order chi connectivity index (χ1) is 5.59. The summed E-state index contributed by atoms with van der Waals surface area (Å²) < 4.78 is 5.75. The molecule has 1 aliphatic heterocycles. The molecule has 2 atom stereocenters. The van der Waals surface area contributed by atoms with E-state index in [1.807, 2.05) is 0 Å². The average molecular weight is 171 g/mol. The van der Waals surface area contributed by atoms with Crippen LogP contribution in [-0.4, -0.2) is 36.2 Å². The van der Waals surface area contributed by atoms with Crippen molar-refractivity contribution in [3.8, 4) is 0 Å². The molecule has 1 saturated heterocycles. The molecule has 2 nitrogen and oxygen atoms in total. The van der Waals surface area contributed by atoms with Gasteiger partial charge in [-0.25, -0.2) is 0 Å². The van der Waals surface area contributed by atoms with Crippen LogP contribution in [0.15, 0.2) is 0 Å². The largest absolute Gasteiger partial charge is 0.374 e. The summed E-state index contributed by atoms with van der Waals surface area (Å²) in [6.07, 6.45) is 2.00. The standard InChI is InChI=1S/C10H21NO/c1-8(2)11-6-5-9(3)12-10(4)7-11/h8-10H,5-7H2,1-4H3/t9-,10+/m1/s1. The average Bonchev–Trinajstić information content (AvgIpc) is 2.11. The Labute approximate surface area is 75.9 Å². The van der Waals surface area contributed by atoms with Crippen molar-refractivity contribution in [3.05, 3.63) is 0 Å². The highest BCUT2D eigenvalue weighted by molar-refractivity contribution is 4.72. The Kier molecular flexibility index (Phi) is 3.53. The van der Waals surface area contributed by atoms with Crippen LogP contribution in [0.25, 0.3) is 0 Å². The van der Waals surface area contributed by atoms with Gasteiger partial charge in [0.05, 0.1) is 12.2 Å². The summed E-state index contributed by atoms with van der Waals surface area (Å²) in [6, 6.07) is 0.654. The highest BCUT2D eigenvalue weighted by Crippen LogP contribution is 2.13. The molecule has 0 aromatic carbocycles. The van der Waals surface area contributed by atoms with Crippen LogP contribution in [0.3, 0.4) is 0 Å². The zero-order valence-electron chi connectivity index (χ0n) is 8.71. The second-order valence-corrected chi connectivity index (χ2v) is 4.13. The van der Waals surface area contributed by atoms with Gasteiger partial charge in [0, 0.05) is 19.1 Å². The van der Waals surface area contributed by atoms with Gasteiger partial charge in [-0.1, -0.05) is 0 Å². The lowest BCUT2D eigenvalue weighted by Gasteiger charge is -2.25. The molecule has 1 fully saturated rings. The van der Waals surface area contributed by atoms with Crippen LogP contribution < -0.4 is 0 Å². The Bertz CT molecular complexity index is 136. The first-order valence-electron chi connectivity index (χ1n) is 4.99. The molecule has 0 aromatic heterocycles. The van der Waals surface area contributed by atoms with Gasteiger partial charge in [-0.3, -0.25) is 4.90 Å². The van der Waals surface area contributed by atoms with Crippen molar-refractivity contribution < 1.29 is 4.74 Å². The molecule has 12 heavy (non-hydrogen) atoms. The molecule has 0 spiro atoms. The molecule has 0 aliphatic carbocycles. The molecule has 0 N–H and O–H groups in total. The third kappa shape index (κ3) is 2.76. The van der Waals surface area contributed by atoms with Crippen LogP contribution in [0.2, 0.25) is 0 Å². The van der Waals surface area contributed by atoms with Crippen molar-refractivity contribution in [2.45, 2.75) is 52.4 Å².